The molecule has 1 saturated carbocycles. The van der Waals surface area contributed by atoms with Gasteiger partial charge in [0.25, 0.3) is 0 Å². The Morgan fingerprint density at radius 1 is 0.889 bits per heavy atom. The number of ether oxygens (including phenoxy) is 3. The van der Waals surface area contributed by atoms with E-state index in [1.54, 1.807) is 34.1 Å². The van der Waals surface area contributed by atoms with E-state index in [4.69, 9.17) is 14.2 Å². The van der Waals surface area contributed by atoms with Crippen LogP contribution in [-0.4, -0.2) is 116 Å². The predicted octanol–water partition coefficient (Wildman–Crippen LogP) is 3.10. The highest BCUT2D eigenvalue weighted by atomic mass is 16.6. The van der Waals surface area contributed by atoms with E-state index in [1.807, 2.05) is 20.8 Å². The Morgan fingerprint density at radius 2 is 1.53 bits per heavy atom. The third kappa shape index (κ3) is 9.09. The molecule has 1 aromatic carbocycles. The summed E-state index contributed by atoms with van der Waals surface area (Å²) in [6.45, 7) is 8.68. The first kappa shape index (κ1) is 34.0. The Hall–Kier alpha value is -3.87. The highest BCUT2D eigenvalue weighted by molar-refractivity contribution is 5.98. The van der Waals surface area contributed by atoms with E-state index in [2.05, 4.69) is 15.5 Å². The van der Waals surface area contributed by atoms with Crippen LogP contribution in [0, 0.1) is 11.8 Å². The Labute approximate surface area is 264 Å². The number of piperazine rings is 1. The van der Waals surface area contributed by atoms with E-state index < -0.39 is 23.7 Å². The van der Waals surface area contributed by atoms with Crippen molar-refractivity contribution in [1.82, 2.24) is 20.0 Å². The van der Waals surface area contributed by atoms with Gasteiger partial charge in [-0.3, -0.25) is 14.5 Å². The Bertz CT molecular complexity index is 1220. The molecule has 3 fully saturated rings. The van der Waals surface area contributed by atoms with Crippen LogP contribution in [-0.2, 0) is 23.8 Å². The fourth-order valence-corrected chi connectivity index (χ4v) is 6.39. The SMILES string of the molecule is COC(=O)c1ccc(NC(=O)[C@@H]2C[C@H](N3CCN(C(=O)OC)CC3)CN2C(=O)[C@H]2CC[C@@H](CNC(=O)OC(C)(C)C)CC2)cc1. The molecular weight excluding hydrogens is 582 g/mol. The zero-order valence-electron chi connectivity index (χ0n) is 27.0. The lowest BCUT2D eigenvalue weighted by Crippen LogP contribution is -2.52. The third-order valence-corrected chi connectivity index (χ3v) is 8.83. The summed E-state index contributed by atoms with van der Waals surface area (Å²) in [5.41, 5.74) is 0.330. The number of rotatable bonds is 7. The van der Waals surface area contributed by atoms with Crippen molar-refractivity contribution >= 4 is 35.7 Å². The van der Waals surface area contributed by atoms with Gasteiger partial charge in [0.15, 0.2) is 0 Å². The van der Waals surface area contributed by atoms with Gasteiger partial charge in [-0.1, -0.05) is 0 Å². The lowest BCUT2D eigenvalue weighted by atomic mass is 9.81. The summed E-state index contributed by atoms with van der Waals surface area (Å²) in [5, 5.41) is 5.78. The quantitative estimate of drug-likeness (QED) is 0.343. The van der Waals surface area contributed by atoms with Gasteiger partial charge in [0.2, 0.25) is 11.8 Å². The fourth-order valence-electron chi connectivity index (χ4n) is 6.39. The summed E-state index contributed by atoms with van der Waals surface area (Å²) in [7, 11) is 2.68. The number of anilines is 1. The molecule has 1 aliphatic carbocycles. The van der Waals surface area contributed by atoms with Crippen molar-refractivity contribution in [2.45, 2.75) is 70.6 Å². The molecule has 0 radical (unpaired) electrons. The predicted molar refractivity (Wildman–Crippen MR) is 166 cm³/mol. The monoisotopic (exact) mass is 629 g/mol. The first-order valence-corrected chi connectivity index (χ1v) is 15.7. The largest absolute Gasteiger partial charge is 0.465 e. The van der Waals surface area contributed by atoms with Gasteiger partial charge in [0, 0.05) is 56.9 Å². The smallest absolute Gasteiger partial charge is 0.409 e. The summed E-state index contributed by atoms with van der Waals surface area (Å²) in [4.78, 5) is 69.2. The van der Waals surface area contributed by atoms with Crippen molar-refractivity contribution in [3.05, 3.63) is 29.8 Å². The maximum atomic E-state index is 14.0. The second-order valence-corrected chi connectivity index (χ2v) is 13.0. The molecule has 0 bridgehead atoms. The first-order chi connectivity index (χ1) is 21.4. The van der Waals surface area contributed by atoms with E-state index in [9.17, 15) is 24.0 Å². The topological polar surface area (TPSA) is 147 Å². The number of nitrogens with one attached hydrogen (secondary N) is 2. The van der Waals surface area contributed by atoms with E-state index in [-0.39, 0.29) is 35.8 Å². The van der Waals surface area contributed by atoms with E-state index in [0.717, 1.165) is 12.8 Å². The Morgan fingerprint density at radius 3 is 2.11 bits per heavy atom. The third-order valence-electron chi connectivity index (χ3n) is 8.83. The van der Waals surface area contributed by atoms with Crippen molar-refractivity contribution in [2.24, 2.45) is 11.8 Å². The molecule has 248 valence electrons. The number of esters is 1. The molecule has 0 spiro atoms. The van der Waals surface area contributed by atoms with E-state index >= 15 is 0 Å². The van der Waals surface area contributed by atoms with Gasteiger partial charge in [0.05, 0.1) is 19.8 Å². The molecule has 4 amide bonds. The summed E-state index contributed by atoms with van der Waals surface area (Å²) in [6, 6.07) is 5.76. The van der Waals surface area contributed by atoms with Gasteiger partial charge < -0.3 is 34.6 Å². The number of benzene rings is 1. The molecule has 2 atom stereocenters. The summed E-state index contributed by atoms with van der Waals surface area (Å²) < 4.78 is 15.0. The second-order valence-electron chi connectivity index (χ2n) is 13.0. The number of likely N-dealkylation sites (tertiary alicyclic amines) is 1. The number of amides is 4. The van der Waals surface area contributed by atoms with Crippen LogP contribution >= 0.6 is 0 Å². The fraction of sp³-hybridized carbons (Fsp3) is 0.656. The van der Waals surface area contributed by atoms with Crippen LogP contribution in [0.5, 0.6) is 0 Å². The lowest BCUT2D eigenvalue weighted by Gasteiger charge is -2.37. The van der Waals surface area contributed by atoms with Crippen LogP contribution in [0.2, 0.25) is 0 Å². The van der Waals surface area contributed by atoms with Crippen LogP contribution < -0.4 is 10.6 Å². The van der Waals surface area contributed by atoms with Crippen LogP contribution in [0.15, 0.2) is 24.3 Å². The first-order valence-electron chi connectivity index (χ1n) is 15.7. The number of carbonyl (C=O) groups is 5. The standard InChI is InChI=1S/C32H47N5O8/c1-32(2,3)45-30(41)33-19-21-6-8-22(9-7-21)28(39)37-20-25(35-14-16-36(17-15-35)31(42)44-5)18-26(37)27(38)34-24-12-10-23(11-13-24)29(40)43-4/h10-13,21-22,25-26H,6-9,14-20H2,1-5H3,(H,33,41)(H,34,38)/t21-,22+,25-,26-/m0/s1. The summed E-state index contributed by atoms with van der Waals surface area (Å²) in [6.07, 6.45) is 2.63. The van der Waals surface area contributed by atoms with Crippen molar-refractivity contribution in [3.8, 4) is 0 Å². The van der Waals surface area contributed by atoms with Gasteiger partial charge >= 0.3 is 18.2 Å². The average Bonchev–Trinajstić information content (AvgIpc) is 3.48. The highest BCUT2D eigenvalue weighted by Gasteiger charge is 2.44. The number of nitrogens with zero attached hydrogens (tertiary/aromatic N) is 3. The minimum atomic E-state index is -0.659. The van der Waals surface area contributed by atoms with Gasteiger partial charge in [-0.25, -0.2) is 14.4 Å². The van der Waals surface area contributed by atoms with Crippen molar-refractivity contribution in [2.75, 3.05) is 58.8 Å². The van der Waals surface area contributed by atoms with Gasteiger partial charge in [-0.2, -0.15) is 0 Å². The van der Waals surface area contributed by atoms with Crippen LogP contribution in [0.3, 0.4) is 0 Å². The number of hydrogen-bond donors (Lipinski definition) is 2. The molecule has 1 aromatic rings. The van der Waals surface area contributed by atoms with Crippen molar-refractivity contribution in [1.29, 1.82) is 0 Å². The highest BCUT2D eigenvalue weighted by Crippen LogP contribution is 2.33. The van der Waals surface area contributed by atoms with Crippen molar-refractivity contribution < 1.29 is 38.2 Å². The second kappa shape index (κ2) is 14.9. The molecule has 2 N–H and O–H groups in total. The molecule has 13 heteroatoms. The van der Waals surface area contributed by atoms with Gasteiger partial charge in [0.1, 0.15) is 11.6 Å². The molecular formula is C32H47N5O8. The summed E-state index contributed by atoms with van der Waals surface area (Å²) in [5.74, 6) is -0.713. The molecule has 0 aromatic heterocycles. The maximum absolute atomic E-state index is 14.0. The van der Waals surface area contributed by atoms with Gasteiger partial charge in [-0.05, 0) is 83.1 Å². The molecule has 13 nitrogen and oxygen atoms in total. The van der Waals surface area contributed by atoms with E-state index in [0.29, 0.717) is 69.8 Å². The van der Waals surface area contributed by atoms with Crippen LogP contribution in [0.25, 0.3) is 0 Å². The van der Waals surface area contributed by atoms with Gasteiger partial charge in [-0.15, -0.1) is 0 Å². The molecule has 2 saturated heterocycles. The molecule has 3 aliphatic rings. The molecule has 45 heavy (non-hydrogen) atoms. The van der Waals surface area contributed by atoms with E-state index in [1.165, 1.54) is 14.2 Å². The minimum Gasteiger partial charge on any atom is -0.465 e. The number of alkyl carbamates (subject to hydrolysis) is 1. The molecule has 2 aliphatic heterocycles. The lowest BCUT2D eigenvalue weighted by molar-refractivity contribution is -0.141. The maximum Gasteiger partial charge on any atom is 0.409 e. The Kier molecular flexibility index (Phi) is 11.3. The molecule has 2 heterocycles. The number of carbonyl (C=O) groups excluding carboxylic acids is 5. The van der Waals surface area contributed by atoms with Crippen LogP contribution in [0.4, 0.5) is 15.3 Å². The number of hydrogen-bond acceptors (Lipinski definition) is 9. The zero-order chi connectivity index (χ0) is 32.7. The minimum absolute atomic E-state index is 0.0227. The molecule has 4 rings (SSSR count). The summed E-state index contributed by atoms with van der Waals surface area (Å²) >= 11 is 0. The van der Waals surface area contributed by atoms with Crippen LogP contribution in [0.1, 0.15) is 63.2 Å². The zero-order valence-corrected chi connectivity index (χ0v) is 27.0. The normalized spacial score (nSPS) is 24.0. The van der Waals surface area contributed by atoms with Crippen molar-refractivity contribution in [3.63, 3.8) is 0 Å². The molecule has 0 unspecified atom stereocenters. The Balaban J connectivity index is 1.39. The number of methoxy groups -OCH3 is 2. The average molecular weight is 630 g/mol.